The average Bonchev–Trinajstić information content (AvgIpc) is 2.44. The van der Waals surface area contributed by atoms with E-state index < -0.39 is 0 Å². The van der Waals surface area contributed by atoms with Gasteiger partial charge < -0.3 is 10.2 Å². The zero-order valence-corrected chi connectivity index (χ0v) is 12.1. The van der Waals surface area contributed by atoms with Crippen molar-refractivity contribution >= 4 is 5.91 Å². The summed E-state index contributed by atoms with van der Waals surface area (Å²) in [5.41, 5.74) is 2.10. The van der Waals surface area contributed by atoms with Crippen molar-refractivity contribution in [2.45, 2.75) is 38.6 Å². The van der Waals surface area contributed by atoms with Crippen molar-refractivity contribution in [2.24, 2.45) is 0 Å². The Morgan fingerprint density at radius 1 is 1.26 bits per heavy atom. The van der Waals surface area contributed by atoms with E-state index in [1.165, 1.54) is 5.56 Å². The standard InChI is InChI=1S/C16H24N2O/c1-4-8-15-14(11-17-3)12-9-6-7-10-13(12)16(19)18(15)5-2/h6-7,9-10,14-15,17H,4-5,8,11H2,1-3H3/t14-,15+/m1/s1. The topological polar surface area (TPSA) is 32.3 Å². The predicted molar refractivity (Wildman–Crippen MR) is 78.5 cm³/mol. The smallest absolute Gasteiger partial charge is 0.254 e. The van der Waals surface area contributed by atoms with Crippen molar-refractivity contribution in [1.82, 2.24) is 10.2 Å². The summed E-state index contributed by atoms with van der Waals surface area (Å²) in [6, 6.07) is 8.40. The molecule has 1 aromatic rings. The van der Waals surface area contributed by atoms with Gasteiger partial charge in [-0.25, -0.2) is 0 Å². The fourth-order valence-electron chi connectivity index (χ4n) is 3.24. The molecule has 1 aliphatic heterocycles. The van der Waals surface area contributed by atoms with Gasteiger partial charge in [0.1, 0.15) is 0 Å². The lowest BCUT2D eigenvalue weighted by Crippen LogP contribution is -2.50. The number of nitrogens with zero attached hydrogens (tertiary/aromatic N) is 1. The monoisotopic (exact) mass is 260 g/mol. The van der Waals surface area contributed by atoms with E-state index in [0.717, 1.165) is 31.5 Å². The van der Waals surface area contributed by atoms with Crippen LogP contribution in [0.2, 0.25) is 0 Å². The first-order chi connectivity index (χ1) is 9.24. The summed E-state index contributed by atoms with van der Waals surface area (Å²) >= 11 is 0. The van der Waals surface area contributed by atoms with E-state index in [4.69, 9.17) is 0 Å². The third-order valence-electron chi connectivity index (χ3n) is 4.07. The molecule has 0 aliphatic carbocycles. The number of hydrogen-bond donors (Lipinski definition) is 1. The molecule has 0 fully saturated rings. The lowest BCUT2D eigenvalue weighted by molar-refractivity contribution is 0.0611. The first-order valence-corrected chi connectivity index (χ1v) is 7.29. The van der Waals surface area contributed by atoms with Crippen LogP contribution in [0.15, 0.2) is 24.3 Å². The van der Waals surface area contributed by atoms with Gasteiger partial charge in [-0.05, 0) is 32.0 Å². The third kappa shape index (κ3) is 2.52. The Hall–Kier alpha value is -1.35. The number of nitrogens with one attached hydrogen (secondary N) is 1. The maximum absolute atomic E-state index is 12.6. The van der Waals surface area contributed by atoms with Gasteiger partial charge in [0, 0.05) is 30.6 Å². The molecule has 0 saturated carbocycles. The van der Waals surface area contributed by atoms with E-state index in [-0.39, 0.29) is 5.91 Å². The number of hydrogen-bond acceptors (Lipinski definition) is 2. The Morgan fingerprint density at radius 2 is 2.00 bits per heavy atom. The van der Waals surface area contributed by atoms with Crippen molar-refractivity contribution in [3.8, 4) is 0 Å². The molecule has 2 atom stereocenters. The number of amides is 1. The Balaban J connectivity index is 2.46. The second-order valence-corrected chi connectivity index (χ2v) is 5.20. The fourth-order valence-corrected chi connectivity index (χ4v) is 3.24. The zero-order chi connectivity index (χ0) is 13.8. The van der Waals surface area contributed by atoms with Gasteiger partial charge in [-0.15, -0.1) is 0 Å². The number of fused-ring (bicyclic) bond motifs is 1. The summed E-state index contributed by atoms with van der Waals surface area (Å²) in [6.45, 7) is 5.98. The summed E-state index contributed by atoms with van der Waals surface area (Å²) in [6.07, 6.45) is 2.18. The van der Waals surface area contributed by atoms with E-state index in [2.05, 4.69) is 25.2 Å². The highest BCUT2D eigenvalue weighted by Crippen LogP contribution is 2.34. The van der Waals surface area contributed by atoms with Crippen molar-refractivity contribution < 1.29 is 4.79 Å². The molecular weight excluding hydrogens is 236 g/mol. The van der Waals surface area contributed by atoms with Gasteiger partial charge in [-0.2, -0.15) is 0 Å². The van der Waals surface area contributed by atoms with Crippen LogP contribution in [0, 0.1) is 0 Å². The lowest BCUT2D eigenvalue weighted by Gasteiger charge is -2.42. The van der Waals surface area contributed by atoms with E-state index >= 15 is 0 Å². The van der Waals surface area contributed by atoms with Crippen LogP contribution in [0.4, 0.5) is 0 Å². The summed E-state index contributed by atoms with van der Waals surface area (Å²) in [5.74, 6) is 0.600. The van der Waals surface area contributed by atoms with Crippen LogP contribution in [0.25, 0.3) is 0 Å². The highest BCUT2D eigenvalue weighted by Gasteiger charge is 2.37. The number of likely N-dealkylation sites (N-methyl/N-ethyl adjacent to an activating group) is 2. The lowest BCUT2D eigenvalue weighted by atomic mass is 9.81. The average molecular weight is 260 g/mol. The summed E-state index contributed by atoms with van der Waals surface area (Å²) < 4.78 is 0. The molecule has 0 radical (unpaired) electrons. The van der Waals surface area contributed by atoms with Crippen LogP contribution < -0.4 is 5.32 Å². The van der Waals surface area contributed by atoms with Gasteiger partial charge in [-0.3, -0.25) is 4.79 Å². The molecule has 0 unspecified atom stereocenters. The van der Waals surface area contributed by atoms with Gasteiger partial charge in [-0.1, -0.05) is 31.5 Å². The highest BCUT2D eigenvalue weighted by molar-refractivity contribution is 5.97. The number of benzene rings is 1. The highest BCUT2D eigenvalue weighted by atomic mass is 16.2. The normalized spacial score (nSPS) is 22.5. The molecule has 0 bridgehead atoms. The number of carbonyl (C=O) groups excluding carboxylic acids is 1. The maximum Gasteiger partial charge on any atom is 0.254 e. The summed E-state index contributed by atoms with van der Waals surface area (Å²) in [7, 11) is 1.98. The Morgan fingerprint density at radius 3 is 2.63 bits per heavy atom. The van der Waals surface area contributed by atoms with E-state index in [1.54, 1.807) is 0 Å². The largest absolute Gasteiger partial charge is 0.335 e. The Kier molecular flexibility index (Phi) is 4.59. The van der Waals surface area contributed by atoms with Crippen LogP contribution in [-0.4, -0.2) is 37.0 Å². The first-order valence-electron chi connectivity index (χ1n) is 7.29. The molecule has 3 heteroatoms. The number of rotatable bonds is 5. The molecule has 1 N–H and O–H groups in total. The molecule has 3 nitrogen and oxygen atoms in total. The molecule has 104 valence electrons. The third-order valence-corrected chi connectivity index (χ3v) is 4.07. The maximum atomic E-state index is 12.6. The van der Waals surface area contributed by atoms with Crippen molar-refractivity contribution in [1.29, 1.82) is 0 Å². The van der Waals surface area contributed by atoms with Gasteiger partial charge in [0.25, 0.3) is 5.91 Å². The molecular formula is C16H24N2O. The molecule has 0 spiro atoms. The van der Waals surface area contributed by atoms with Gasteiger partial charge in [0.05, 0.1) is 0 Å². The van der Waals surface area contributed by atoms with Crippen LogP contribution in [0.3, 0.4) is 0 Å². The van der Waals surface area contributed by atoms with Crippen molar-refractivity contribution in [3.05, 3.63) is 35.4 Å². The fraction of sp³-hybridized carbons (Fsp3) is 0.562. The van der Waals surface area contributed by atoms with Gasteiger partial charge in [0.15, 0.2) is 0 Å². The van der Waals surface area contributed by atoms with Crippen LogP contribution in [-0.2, 0) is 0 Å². The Bertz CT molecular complexity index is 444. The van der Waals surface area contributed by atoms with Crippen LogP contribution in [0.1, 0.15) is 48.5 Å². The zero-order valence-electron chi connectivity index (χ0n) is 12.1. The predicted octanol–water partition coefficient (Wildman–Crippen LogP) is 2.63. The molecule has 2 rings (SSSR count). The molecule has 0 saturated heterocycles. The van der Waals surface area contributed by atoms with Crippen molar-refractivity contribution in [2.75, 3.05) is 20.1 Å². The Labute approximate surface area is 116 Å². The molecule has 1 aliphatic rings. The molecule has 19 heavy (non-hydrogen) atoms. The van der Waals surface area contributed by atoms with Crippen LogP contribution >= 0.6 is 0 Å². The van der Waals surface area contributed by atoms with Crippen LogP contribution in [0.5, 0.6) is 0 Å². The summed E-state index contributed by atoms with van der Waals surface area (Å²) in [5, 5.41) is 3.29. The van der Waals surface area contributed by atoms with Gasteiger partial charge in [0.2, 0.25) is 0 Å². The quantitative estimate of drug-likeness (QED) is 0.882. The van der Waals surface area contributed by atoms with E-state index in [9.17, 15) is 4.79 Å². The van der Waals surface area contributed by atoms with E-state index in [1.807, 2.05) is 30.1 Å². The SMILES string of the molecule is CCC[C@H]1[C@H](CNC)c2ccccc2C(=O)N1CC. The second-order valence-electron chi connectivity index (χ2n) is 5.20. The van der Waals surface area contributed by atoms with Crippen molar-refractivity contribution in [3.63, 3.8) is 0 Å². The second kappa shape index (κ2) is 6.20. The molecule has 1 aromatic carbocycles. The summed E-state index contributed by atoms with van der Waals surface area (Å²) in [4.78, 5) is 14.6. The molecule has 0 aromatic heterocycles. The van der Waals surface area contributed by atoms with Gasteiger partial charge >= 0.3 is 0 Å². The molecule has 1 heterocycles. The molecule has 1 amide bonds. The van der Waals surface area contributed by atoms with E-state index in [0.29, 0.717) is 12.0 Å². The minimum atomic E-state index is 0.198. The first kappa shape index (κ1) is 14.1. The minimum Gasteiger partial charge on any atom is -0.335 e. The minimum absolute atomic E-state index is 0.198. The number of carbonyl (C=O) groups is 1.